The Bertz CT molecular complexity index is 537. The summed E-state index contributed by atoms with van der Waals surface area (Å²) in [6.07, 6.45) is 2.64. The SMILES string of the molecule is CSN1CCC(Oc2cc(C(N)=O)ccc2[N+](=O)[O-])C1. The van der Waals surface area contributed by atoms with Gasteiger partial charge in [0.1, 0.15) is 6.10 Å². The maximum absolute atomic E-state index is 11.2. The van der Waals surface area contributed by atoms with E-state index in [1.807, 2.05) is 6.26 Å². The monoisotopic (exact) mass is 297 g/mol. The number of nitro groups is 1. The Morgan fingerprint density at radius 2 is 2.35 bits per heavy atom. The minimum absolute atomic E-state index is 0.0965. The van der Waals surface area contributed by atoms with Crippen LogP contribution in [0.15, 0.2) is 18.2 Å². The van der Waals surface area contributed by atoms with Crippen LogP contribution in [-0.4, -0.2) is 40.6 Å². The Labute approximate surface area is 120 Å². The highest BCUT2D eigenvalue weighted by atomic mass is 32.2. The van der Waals surface area contributed by atoms with Gasteiger partial charge in [-0.3, -0.25) is 14.9 Å². The normalized spacial score (nSPS) is 18.9. The predicted octanol–water partition coefficient (Wildman–Crippen LogP) is 1.42. The molecule has 1 saturated heterocycles. The second-order valence-electron chi connectivity index (χ2n) is 4.40. The number of hydrogen-bond acceptors (Lipinski definition) is 6. The summed E-state index contributed by atoms with van der Waals surface area (Å²) in [6.45, 7) is 1.56. The zero-order valence-electron chi connectivity index (χ0n) is 10.9. The highest BCUT2D eigenvalue weighted by molar-refractivity contribution is 7.96. The molecular formula is C12H15N3O4S. The lowest BCUT2D eigenvalue weighted by atomic mass is 10.2. The van der Waals surface area contributed by atoms with Gasteiger partial charge in [0.25, 0.3) is 0 Å². The van der Waals surface area contributed by atoms with Crippen LogP contribution < -0.4 is 10.5 Å². The van der Waals surface area contributed by atoms with Gasteiger partial charge in [0.15, 0.2) is 5.75 Å². The van der Waals surface area contributed by atoms with Gasteiger partial charge in [0.05, 0.1) is 4.92 Å². The van der Waals surface area contributed by atoms with Gasteiger partial charge in [-0.1, -0.05) is 11.9 Å². The number of benzene rings is 1. The summed E-state index contributed by atoms with van der Waals surface area (Å²) in [4.78, 5) is 21.6. The lowest BCUT2D eigenvalue weighted by Crippen LogP contribution is -2.21. The molecule has 108 valence electrons. The molecule has 1 fully saturated rings. The number of hydrogen-bond donors (Lipinski definition) is 1. The van der Waals surface area contributed by atoms with E-state index >= 15 is 0 Å². The first-order chi connectivity index (χ1) is 9.51. The van der Waals surface area contributed by atoms with E-state index in [0.29, 0.717) is 6.54 Å². The third-order valence-electron chi connectivity index (χ3n) is 3.10. The third kappa shape index (κ3) is 3.20. The molecule has 0 saturated carbocycles. The van der Waals surface area contributed by atoms with Gasteiger partial charge in [-0.15, -0.1) is 0 Å². The first kappa shape index (κ1) is 14.6. The number of ether oxygens (including phenoxy) is 1. The van der Waals surface area contributed by atoms with Gasteiger partial charge in [0.2, 0.25) is 5.91 Å². The van der Waals surface area contributed by atoms with Crippen LogP contribution >= 0.6 is 11.9 Å². The van der Waals surface area contributed by atoms with Crippen molar-refractivity contribution in [3.63, 3.8) is 0 Å². The molecule has 1 unspecified atom stereocenters. The summed E-state index contributed by atoms with van der Waals surface area (Å²) in [7, 11) is 0. The summed E-state index contributed by atoms with van der Waals surface area (Å²) in [6, 6.07) is 3.91. The quantitative estimate of drug-likeness (QED) is 0.501. The van der Waals surface area contributed by atoms with Crippen LogP contribution in [0, 0.1) is 10.1 Å². The average Bonchev–Trinajstić information content (AvgIpc) is 2.86. The Morgan fingerprint density at radius 1 is 1.60 bits per heavy atom. The molecule has 1 amide bonds. The fraction of sp³-hybridized carbons (Fsp3) is 0.417. The van der Waals surface area contributed by atoms with E-state index in [2.05, 4.69) is 4.31 Å². The molecule has 20 heavy (non-hydrogen) atoms. The number of primary amides is 1. The number of nitrogens with two attached hydrogens (primary N) is 1. The largest absolute Gasteiger partial charge is 0.482 e. The highest BCUT2D eigenvalue weighted by Gasteiger charge is 2.26. The predicted molar refractivity (Wildman–Crippen MR) is 75.7 cm³/mol. The van der Waals surface area contributed by atoms with Gasteiger partial charge < -0.3 is 10.5 Å². The standard InChI is InChI=1S/C12H15N3O4S/c1-20-14-5-4-9(7-14)19-11-6-8(12(13)16)2-3-10(11)15(17)18/h2-3,6,9H,4-5,7H2,1H3,(H2,13,16). The first-order valence-corrected chi connectivity index (χ1v) is 7.23. The molecule has 7 nitrogen and oxygen atoms in total. The van der Waals surface area contributed by atoms with Crippen molar-refractivity contribution in [3.05, 3.63) is 33.9 Å². The minimum atomic E-state index is -0.637. The molecule has 0 radical (unpaired) electrons. The van der Waals surface area contributed by atoms with Crippen molar-refractivity contribution in [1.82, 2.24) is 4.31 Å². The number of nitrogens with zero attached hydrogens (tertiary/aromatic N) is 2. The number of carbonyl (C=O) groups excluding carboxylic acids is 1. The van der Waals surface area contributed by atoms with Crippen molar-refractivity contribution in [2.45, 2.75) is 12.5 Å². The van der Waals surface area contributed by atoms with Gasteiger partial charge in [-0.25, -0.2) is 4.31 Å². The molecule has 0 spiro atoms. The molecule has 0 bridgehead atoms. The fourth-order valence-corrected chi connectivity index (χ4v) is 2.66. The van der Waals surface area contributed by atoms with Gasteiger partial charge >= 0.3 is 5.69 Å². The van der Waals surface area contributed by atoms with E-state index in [-0.39, 0.29) is 23.1 Å². The third-order valence-corrected chi connectivity index (χ3v) is 3.95. The van der Waals surface area contributed by atoms with Crippen molar-refractivity contribution in [1.29, 1.82) is 0 Å². The second-order valence-corrected chi connectivity index (χ2v) is 5.28. The number of rotatable bonds is 5. The molecule has 1 atom stereocenters. The van der Waals surface area contributed by atoms with E-state index in [1.165, 1.54) is 18.2 Å². The molecule has 1 aliphatic rings. The van der Waals surface area contributed by atoms with Crippen LogP contribution in [0.5, 0.6) is 5.75 Å². The van der Waals surface area contributed by atoms with E-state index < -0.39 is 10.8 Å². The molecule has 1 heterocycles. The molecule has 0 aromatic heterocycles. The summed E-state index contributed by atoms with van der Waals surface area (Å²) in [5, 5.41) is 11.0. The topological polar surface area (TPSA) is 98.7 Å². The second kappa shape index (κ2) is 6.10. The Kier molecular flexibility index (Phi) is 4.46. The maximum atomic E-state index is 11.2. The van der Waals surface area contributed by atoms with Crippen molar-refractivity contribution in [2.75, 3.05) is 19.3 Å². The van der Waals surface area contributed by atoms with Crippen molar-refractivity contribution in [2.24, 2.45) is 5.73 Å². The van der Waals surface area contributed by atoms with Crippen LogP contribution in [0.2, 0.25) is 0 Å². The van der Waals surface area contributed by atoms with Crippen molar-refractivity contribution < 1.29 is 14.5 Å². The van der Waals surface area contributed by atoms with Crippen LogP contribution in [0.1, 0.15) is 16.8 Å². The highest BCUT2D eigenvalue weighted by Crippen LogP contribution is 2.31. The first-order valence-electron chi connectivity index (χ1n) is 6.05. The zero-order chi connectivity index (χ0) is 14.7. The molecular weight excluding hydrogens is 282 g/mol. The van der Waals surface area contributed by atoms with E-state index in [1.54, 1.807) is 11.9 Å². The van der Waals surface area contributed by atoms with Crippen LogP contribution in [0.25, 0.3) is 0 Å². The molecule has 1 aliphatic heterocycles. The zero-order valence-corrected chi connectivity index (χ0v) is 11.8. The lowest BCUT2D eigenvalue weighted by molar-refractivity contribution is -0.386. The van der Waals surface area contributed by atoms with Crippen LogP contribution in [0.4, 0.5) is 5.69 Å². The smallest absolute Gasteiger partial charge is 0.310 e. The number of carbonyl (C=O) groups is 1. The Balaban J connectivity index is 2.22. The maximum Gasteiger partial charge on any atom is 0.310 e. The lowest BCUT2D eigenvalue weighted by Gasteiger charge is -2.15. The van der Waals surface area contributed by atoms with Gasteiger partial charge in [-0.2, -0.15) is 0 Å². The van der Waals surface area contributed by atoms with Crippen molar-refractivity contribution >= 4 is 23.5 Å². The summed E-state index contributed by atoms with van der Waals surface area (Å²) >= 11 is 1.61. The van der Waals surface area contributed by atoms with Gasteiger partial charge in [0, 0.05) is 30.8 Å². The number of nitro benzene ring substituents is 1. The molecule has 0 aliphatic carbocycles. The summed E-state index contributed by atoms with van der Waals surface area (Å²) in [5.74, 6) is -0.541. The van der Waals surface area contributed by atoms with E-state index in [4.69, 9.17) is 10.5 Å². The van der Waals surface area contributed by atoms with Crippen LogP contribution in [-0.2, 0) is 0 Å². The minimum Gasteiger partial charge on any atom is -0.482 e. The van der Waals surface area contributed by atoms with Crippen LogP contribution in [0.3, 0.4) is 0 Å². The molecule has 8 heteroatoms. The fourth-order valence-electron chi connectivity index (χ4n) is 2.05. The Morgan fingerprint density at radius 3 is 2.90 bits per heavy atom. The molecule has 1 aromatic carbocycles. The van der Waals surface area contributed by atoms with Gasteiger partial charge in [-0.05, 0) is 18.7 Å². The summed E-state index contributed by atoms with van der Waals surface area (Å²) in [5.41, 5.74) is 5.23. The molecule has 2 N–H and O–H groups in total. The van der Waals surface area contributed by atoms with E-state index in [9.17, 15) is 14.9 Å². The Hall–Kier alpha value is -1.80. The average molecular weight is 297 g/mol. The summed E-state index contributed by atoms with van der Waals surface area (Å²) < 4.78 is 7.81. The van der Waals surface area contributed by atoms with Crippen molar-refractivity contribution in [3.8, 4) is 5.75 Å². The number of amides is 1. The molecule has 2 rings (SSSR count). The molecule has 1 aromatic rings. The van der Waals surface area contributed by atoms with E-state index in [0.717, 1.165) is 13.0 Å².